The van der Waals surface area contributed by atoms with Crippen molar-refractivity contribution in [1.82, 2.24) is 0 Å². The van der Waals surface area contributed by atoms with Gasteiger partial charge in [0.25, 0.3) is 0 Å². The van der Waals surface area contributed by atoms with Crippen LogP contribution in [0.3, 0.4) is 0 Å². The summed E-state index contributed by atoms with van der Waals surface area (Å²) in [4.78, 5) is 7.84. The van der Waals surface area contributed by atoms with Crippen molar-refractivity contribution >= 4 is 12.4 Å². The third-order valence-electron chi connectivity index (χ3n) is 0.962. The van der Waals surface area contributed by atoms with Crippen molar-refractivity contribution in [2.45, 2.75) is 19.8 Å². The van der Waals surface area contributed by atoms with E-state index in [1.165, 1.54) is 12.8 Å². The number of hydrogen-bond donors (Lipinski definition) is 0. The summed E-state index contributed by atoms with van der Waals surface area (Å²) in [7, 11) is 1.74. The topological polar surface area (TPSA) is 24.7 Å². The predicted octanol–water partition coefficient (Wildman–Crippen LogP) is 1.56. The van der Waals surface area contributed by atoms with Gasteiger partial charge in [-0.1, -0.05) is 13.3 Å². The van der Waals surface area contributed by atoms with E-state index in [0.717, 1.165) is 6.54 Å². The zero-order chi connectivity index (χ0) is 6.95. The molecule has 2 nitrogen and oxygen atoms in total. The van der Waals surface area contributed by atoms with Gasteiger partial charge >= 0.3 is 0 Å². The number of nitrogens with zero attached hydrogens (tertiary/aromatic N) is 2. The van der Waals surface area contributed by atoms with Crippen molar-refractivity contribution in [3.05, 3.63) is 0 Å². The maximum atomic E-state index is 4.08. The van der Waals surface area contributed by atoms with Gasteiger partial charge in [-0.25, -0.2) is 0 Å². The molecule has 0 unspecified atom stereocenters. The van der Waals surface area contributed by atoms with Gasteiger partial charge < -0.3 is 0 Å². The third kappa shape index (κ3) is 7.34. The zero-order valence-corrected chi connectivity index (χ0v) is 6.17. The Morgan fingerprint density at radius 3 is 2.67 bits per heavy atom. The van der Waals surface area contributed by atoms with Crippen LogP contribution in [0, 0.1) is 0 Å². The van der Waals surface area contributed by atoms with Crippen LogP contribution in [0.25, 0.3) is 0 Å². The van der Waals surface area contributed by atoms with Gasteiger partial charge in [-0.3, -0.25) is 9.98 Å². The van der Waals surface area contributed by atoms with Gasteiger partial charge in [0.2, 0.25) is 0 Å². The summed E-state index contributed by atoms with van der Waals surface area (Å²) in [5.41, 5.74) is 0. The molecule has 9 heavy (non-hydrogen) atoms. The van der Waals surface area contributed by atoms with E-state index >= 15 is 0 Å². The minimum Gasteiger partial charge on any atom is -0.295 e. The quantitative estimate of drug-likeness (QED) is 0.403. The van der Waals surface area contributed by atoms with E-state index < -0.39 is 0 Å². The second kappa shape index (κ2) is 7.34. The van der Waals surface area contributed by atoms with E-state index in [1.54, 1.807) is 19.5 Å². The average Bonchev–Trinajstić information content (AvgIpc) is 1.89. The lowest BCUT2D eigenvalue weighted by Gasteiger charge is -1.85. The number of aliphatic imine (C=N–C) groups is 2. The van der Waals surface area contributed by atoms with Crippen LogP contribution in [0.15, 0.2) is 9.98 Å². The molecule has 2 heteroatoms. The van der Waals surface area contributed by atoms with Crippen LogP contribution >= 0.6 is 0 Å². The Hall–Kier alpha value is -0.660. The van der Waals surface area contributed by atoms with Gasteiger partial charge in [0.1, 0.15) is 0 Å². The molecule has 0 saturated heterocycles. The van der Waals surface area contributed by atoms with Crippen LogP contribution in [-0.4, -0.2) is 26.0 Å². The maximum Gasteiger partial charge on any atom is 0.0390 e. The van der Waals surface area contributed by atoms with Crippen molar-refractivity contribution < 1.29 is 0 Å². The lowest BCUT2D eigenvalue weighted by molar-refractivity contribution is 0.811. The van der Waals surface area contributed by atoms with Crippen LogP contribution in [0.4, 0.5) is 0 Å². The summed E-state index contributed by atoms with van der Waals surface area (Å²) >= 11 is 0. The molecular weight excluding hydrogens is 112 g/mol. The van der Waals surface area contributed by atoms with Gasteiger partial charge in [0, 0.05) is 26.0 Å². The van der Waals surface area contributed by atoms with Crippen molar-refractivity contribution in [1.29, 1.82) is 0 Å². The molecule has 0 aromatic heterocycles. The van der Waals surface area contributed by atoms with E-state index in [1.807, 2.05) is 0 Å². The number of unbranched alkanes of at least 4 members (excludes halogenated alkanes) is 1. The first kappa shape index (κ1) is 8.34. The van der Waals surface area contributed by atoms with E-state index in [9.17, 15) is 0 Å². The Morgan fingerprint density at radius 2 is 2.11 bits per heavy atom. The van der Waals surface area contributed by atoms with Crippen molar-refractivity contribution in [2.24, 2.45) is 9.98 Å². The summed E-state index contributed by atoms with van der Waals surface area (Å²) in [6.07, 6.45) is 5.83. The van der Waals surface area contributed by atoms with Crippen molar-refractivity contribution in [2.75, 3.05) is 13.6 Å². The molecule has 0 bridgehead atoms. The van der Waals surface area contributed by atoms with Crippen LogP contribution in [0.5, 0.6) is 0 Å². The smallest absolute Gasteiger partial charge is 0.0390 e. The summed E-state index contributed by atoms with van der Waals surface area (Å²) in [5.74, 6) is 0. The highest BCUT2D eigenvalue weighted by molar-refractivity contribution is 6.15. The first-order valence-electron chi connectivity index (χ1n) is 3.32. The molecule has 0 rings (SSSR count). The monoisotopic (exact) mass is 126 g/mol. The molecule has 0 saturated carbocycles. The van der Waals surface area contributed by atoms with Crippen LogP contribution < -0.4 is 0 Å². The Labute approximate surface area is 56.7 Å². The summed E-state index contributed by atoms with van der Waals surface area (Å²) < 4.78 is 0. The summed E-state index contributed by atoms with van der Waals surface area (Å²) in [6, 6.07) is 0. The van der Waals surface area contributed by atoms with E-state index in [-0.39, 0.29) is 0 Å². The van der Waals surface area contributed by atoms with E-state index in [4.69, 9.17) is 0 Å². The lowest BCUT2D eigenvalue weighted by Crippen LogP contribution is -1.81. The number of hydrogen-bond acceptors (Lipinski definition) is 2. The van der Waals surface area contributed by atoms with Crippen LogP contribution in [0.2, 0.25) is 0 Å². The second-order valence-electron chi connectivity index (χ2n) is 1.82. The molecule has 0 spiro atoms. The molecule has 0 aromatic carbocycles. The van der Waals surface area contributed by atoms with Gasteiger partial charge in [-0.15, -0.1) is 0 Å². The third-order valence-corrected chi connectivity index (χ3v) is 0.962. The Bertz CT molecular complexity index is 95.1. The molecule has 0 atom stereocenters. The van der Waals surface area contributed by atoms with Crippen LogP contribution in [-0.2, 0) is 0 Å². The highest BCUT2D eigenvalue weighted by Crippen LogP contribution is 1.84. The lowest BCUT2D eigenvalue weighted by atomic mass is 10.3. The van der Waals surface area contributed by atoms with E-state index in [0.29, 0.717) is 0 Å². The molecule has 0 heterocycles. The second-order valence-corrected chi connectivity index (χ2v) is 1.82. The SMILES string of the molecule is CCCCN=CC=NC. The largest absolute Gasteiger partial charge is 0.295 e. The minimum atomic E-state index is 0.933. The summed E-state index contributed by atoms with van der Waals surface area (Å²) in [6.45, 7) is 3.09. The van der Waals surface area contributed by atoms with Gasteiger partial charge in [-0.05, 0) is 6.42 Å². The van der Waals surface area contributed by atoms with Gasteiger partial charge in [0.05, 0.1) is 0 Å². The molecule has 0 radical (unpaired) electrons. The molecule has 0 aliphatic carbocycles. The highest BCUT2D eigenvalue weighted by Gasteiger charge is 1.74. The fraction of sp³-hybridized carbons (Fsp3) is 0.714. The fourth-order valence-electron chi connectivity index (χ4n) is 0.438. The number of rotatable bonds is 4. The molecular formula is C7H14N2. The van der Waals surface area contributed by atoms with Crippen molar-refractivity contribution in [3.63, 3.8) is 0 Å². The predicted molar refractivity (Wildman–Crippen MR) is 42.7 cm³/mol. The molecule has 0 N–H and O–H groups in total. The van der Waals surface area contributed by atoms with E-state index in [2.05, 4.69) is 16.9 Å². The molecule has 0 aliphatic rings. The van der Waals surface area contributed by atoms with Crippen LogP contribution in [0.1, 0.15) is 19.8 Å². The molecule has 0 fully saturated rings. The average molecular weight is 126 g/mol. The van der Waals surface area contributed by atoms with Crippen molar-refractivity contribution in [3.8, 4) is 0 Å². The first-order chi connectivity index (χ1) is 4.41. The van der Waals surface area contributed by atoms with Gasteiger partial charge in [-0.2, -0.15) is 0 Å². The minimum absolute atomic E-state index is 0.933. The normalized spacial score (nSPS) is 11.8. The zero-order valence-electron chi connectivity index (χ0n) is 6.17. The Kier molecular flexibility index (Phi) is 6.80. The molecule has 52 valence electrons. The Morgan fingerprint density at radius 1 is 1.33 bits per heavy atom. The molecule has 0 aliphatic heterocycles. The molecule has 0 aromatic rings. The standard InChI is InChI=1S/C7H14N2/c1-3-4-5-9-7-6-8-2/h6-7H,3-5H2,1-2H3. The Balaban J connectivity index is 3.04. The van der Waals surface area contributed by atoms with Gasteiger partial charge in [0.15, 0.2) is 0 Å². The molecule has 0 amide bonds. The highest BCUT2D eigenvalue weighted by atomic mass is 14.7. The first-order valence-corrected chi connectivity index (χ1v) is 3.32. The maximum absolute atomic E-state index is 4.08. The fourth-order valence-corrected chi connectivity index (χ4v) is 0.438. The summed E-state index contributed by atoms with van der Waals surface area (Å²) in [5, 5.41) is 0.